The van der Waals surface area contributed by atoms with E-state index in [9.17, 15) is 0 Å². The summed E-state index contributed by atoms with van der Waals surface area (Å²) >= 11 is 6.11. The van der Waals surface area contributed by atoms with Crippen molar-refractivity contribution in [3.05, 3.63) is 28.8 Å². The van der Waals surface area contributed by atoms with Crippen molar-refractivity contribution in [1.82, 2.24) is 0 Å². The van der Waals surface area contributed by atoms with Crippen LogP contribution in [0.25, 0.3) is 0 Å². The third-order valence-corrected chi connectivity index (χ3v) is 2.61. The molecule has 0 fully saturated rings. The Morgan fingerprint density at radius 1 is 1.43 bits per heavy atom. The Hall–Kier alpha value is -0.730. The summed E-state index contributed by atoms with van der Waals surface area (Å²) in [6.07, 6.45) is 0. The second-order valence-electron chi connectivity index (χ2n) is 3.65. The first-order valence-electron chi connectivity index (χ1n) is 4.64. The number of hydrogen-bond donors (Lipinski definition) is 1. The molecule has 0 aliphatic heterocycles. The highest BCUT2D eigenvalue weighted by Gasteiger charge is 2.14. The van der Waals surface area contributed by atoms with Crippen LogP contribution in [0.4, 0.5) is 5.69 Å². The minimum Gasteiger partial charge on any atom is -0.396 e. The van der Waals surface area contributed by atoms with Gasteiger partial charge in [-0.3, -0.25) is 0 Å². The van der Waals surface area contributed by atoms with Crippen LogP contribution in [0.5, 0.6) is 0 Å². The second kappa shape index (κ2) is 4.67. The lowest BCUT2D eigenvalue weighted by molar-refractivity contribution is 0.273. The van der Waals surface area contributed by atoms with Crippen LogP contribution in [0.15, 0.2) is 18.2 Å². The summed E-state index contributed by atoms with van der Waals surface area (Å²) in [5, 5.41) is 9.86. The van der Waals surface area contributed by atoms with Gasteiger partial charge in [0.25, 0.3) is 0 Å². The molecule has 0 saturated heterocycles. The number of benzene rings is 1. The average molecular weight is 214 g/mol. The predicted octanol–water partition coefficient (Wildman–Crippen LogP) is 2.50. The van der Waals surface area contributed by atoms with Crippen LogP contribution in [0.2, 0.25) is 5.02 Å². The fraction of sp³-hybridized carbons (Fsp3) is 0.455. The number of halogens is 1. The van der Waals surface area contributed by atoms with Crippen molar-refractivity contribution in [2.45, 2.75) is 12.8 Å². The van der Waals surface area contributed by atoms with E-state index in [0.29, 0.717) is 0 Å². The minimum absolute atomic E-state index is 0.0705. The molecule has 0 bridgehead atoms. The zero-order valence-corrected chi connectivity index (χ0v) is 9.54. The van der Waals surface area contributed by atoms with Gasteiger partial charge in [-0.15, -0.1) is 0 Å². The molecule has 3 heteroatoms. The lowest BCUT2D eigenvalue weighted by Crippen LogP contribution is -2.13. The lowest BCUT2D eigenvalue weighted by atomic mass is 9.99. The highest BCUT2D eigenvalue weighted by Crippen LogP contribution is 2.32. The number of rotatable bonds is 3. The molecule has 0 saturated carbocycles. The van der Waals surface area contributed by atoms with Gasteiger partial charge in [0, 0.05) is 37.3 Å². The van der Waals surface area contributed by atoms with E-state index < -0.39 is 0 Å². The van der Waals surface area contributed by atoms with Gasteiger partial charge in [0.05, 0.1) is 0 Å². The Bertz CT molecular complexity index is 312. The van der Waals surface area contributed by atoms with Crippen LogP contribution in [0, 0.1) is 0 Å². The monoisotopic (exact) mass is 213 g/mol. The number of anilines is 1. The molecule has 1 atom stereocenters. The number of aliphatic hydroxyl groups is 1. The number of aliphatic hydroxyl groups excluding tert-OH is 1. The SMILES string of the molecule is CC(CO)c1c(Cl)cccc1N(C)C. The average Bonchev–Trinajstić information content (AvgIpc) is 2.16. The van der Waals surface area contributed by atoms with Gasteiger partial charge >= 0.3 is 0 Å². The minimum atomic E-state index is 0.0705. The third kappa shape index (κ3) is 2.20. The molecule has 2 nitrogen and oxygen atoms in total. The van der Waals surface area contributed by atoms with E-state index in [2.05, 4.69) is 0 Å². The third-order valence-electron chi connectivity index (χ3n) is 2.28. The molecule has 1 N–H and O–H groups in total. The zero-order valence-electron chi connectivity index (χ0n) is 8.79. The second-order valence-corrected chi connectivity index (χ2v) is 4.06. The first-order valence-corrected chi connectivity index (χ1v) is 5.02. The van der Waals surface area contributed by atoms with Crippen molar-refractivity contribution >= 4 is 17.3 Å². The van der Waals surface area contributed by atoms with Crippen LogP contribution in [-0.4, -0.2) is 25.8 Å². The molecule has 1 aromatic carbocycles. The first-order chi connectivity index (χ1) is 6.57. The van der Waals surface area contributed by atoms with Crippen LogP contribution < -0.4 is 4.90 Å². The molecule has 0 heterocycles. The van der Waals surface area contributed by atoms with Crippen molar-refractivity contribution in [3.8, 4) is 0 Å². The quantitative estimate of drug-likeness (QED) is 0.834. The highest BCUT2D eigenvalue weighted by molar-refractivity contribution is 6.31. The van der Waals surface area contributed by atoms with Crippen molar-refractivity contribution in [3.63, 3.8) is 0 Å². The summed E-state index contributed by atoms with van der Waals surface area (Å²) in [6.45, 7) is 2.08. The van der Waals surface area contributed by atoms with E-state index in [4.69, 9.17) is 16.7 Å². The zero-order chi connectivity index (χ0) is 10.7. The molecular weight excluding hydrogens is 198 g/mol. The number of nitrogens with zero attached hydrogens (tertiary/aromatic N) is 1. The maximum atomic E-state index is 9.14. The van der Waals surface area contributed by atoms with Gasteiger partial charge in [0.2, 0.25) is 0 Å². The molecule has 0 aliphatic rings. The first kappa shape index (κ1) is 11.3. The largest absolute Gasteiger partial charge is 0.396 e. The predicted molar refractivity (Wildman–Crippen MR) is 61.3 cm³/mol. The summed E-state index contributed by atoms with van der Waals surface area (Å²) in [5.41, 5.74) is 2.08. The maximum absolute atomic E-state index is 9.14. The Labute approximate surface area is 90.1 Å². The van der Waals surface area contributed by atoms with Crippen molar-refractivity contribution in [1.29, 1.82) is 0 Å². The van der Waals surface area contributed by atoms with E-state index in [0.717, 1.165) is 16.3 Å². The van der Waals surface area contributed by atoms with Gasteiger partial charge in [-0.1, -0.05) is 24.6 Å². The van der Waals surface area contributed by atoms with Gasteiger partial charge in [-0.25, -0.2) is 0 Å². The Morgan fingerprint density at radius 2 is 2.07 bits per heavy atom. The van der Waals surface area contributed by atoms with Crippen molar-refractivity contribution < 1.29 is 5.11 Å². The fourth-order valence-corrected chi connectivity index (χ4v) is 1.85. The Morgan fingerprint density at radius 3 is 2.57 bits per heavy atom. The van der Waals surface area contributed by atoms with Gasteiger partial charge in [0.1, 0.15) is 0 Å². The molecule has 0 radical (unpaired) electrons. The van der Waals surface area contributed by atoms with Gasteiger partial charge in [-0.05, 0) is 17.7 Å². The summed E-state index contributed by atoms with van der Waals surface area (Å²) in [4.78, 5) is 2.01. The summed E-state index contributed by atoms with van der Waals surface area (Å²) in [5.74, 6) is 0.0705. The van der Waals surface area contributed by atoms with Gasteiger partial charge in [0.15, 0.2) is 0 Å². The Balaban J connectivity index is 3.22. The summed E-state index contributed by atoms with van der Waals surface area (Å²) in [7, 11) is 3.94. The fourth-order valence-electron chi connectivity index (χ4n) is 1.49. The van der Waals surface area contributed by atoms with Crippen LogP contribution in [0.1, 0.15) is 18.4 Å². The van der Waals surface area contributed by atoms with Crippen LogP contribution in [-0.2, 0) is 0 Å². The highest BCUT2D eigenvalue weighted by atomic mass is 35.5. The molecule has 1 aromatic rings. The topological polar surface area (TPSA) is 23.5 Å². The standard InChI is InChI=1S/C11H16ClNO/c1-8(7-14)11-9(12)5-4-6-10(11)13(2)3/h4-6,8,14H,7H2,1-3H3. The summed E-state index contributed by atoms with van der Waals surface area (Å²) in [6, 6.07) is 5.79. The number of hydrogen-bond acceptors (Lipinski definition) is 2. The van der Waals surface area contributed by atoms with Gasteiger partial charge < -0.3 is 10.0 Å². The van der Waals surface area contributed by atoms with Gasteiger partial charge in [-0.2, -0.15) is 0 Å². The smallest absolute Gasteiger partial charge is 0.0498 e. The Kier molecular flexibility index (Phi) is 3.78. The van der Waals surface area contributed by atoms with E-state index >= 15 is 0 Å². The molecule has 78 valence electrons. The molecular formula is C11H16ClNO. The van der Waals surface area contributed by atoms with Crippen LogP contribution >= 0.6 is 11.6 Å². The molecule has 0 aliphatic carbocycles. The molecule has 0 aromatic heterocycles. The normalized spacial score (nSPS) is 12.6. The summed E-state index contributed by atoms with van der Waals surface area (Å²) < 4.78 is 0. The molecule has 0 spiro atoms. The van der Waals surface area contributed by atoms with Crippen molar-refractivity contribution in [2.75, 3.05) is 25.6 Å². The molecule has 1 rings (SSSR count). The molecule has 1 unspecified atom stereocenters. The lowest BCUT2D eigenvalue weighted by Gasteiger charge is -2.21. The van der Waals surface area contributed by atoms with Crippen LogP contribution in [0.3, 0.4) is 0 Å². The maximum Gasteiger partial charge on any atom is 0.0498 e. The van der Waals surface area contributed by atoms with E-state index in [1.807, 2.05) is 44.1 Å². The van der Waals surface area contributed by atoms with Crippen molar-refractivity contribution in [2.24, 2.45) is 0 Å². The van der Waals surface area contributed by atoms with E-state index in [1.165, 1.54) is 0 Å². The molecule has 14 heavy (non-hydrogen) atoms. The molecule has 0 amide bonds. The van der Waals surface area contributed by atoms with E-state index in [1.54, 1.807) is 0 Å². The van der Waals surface area contributed by atoms with E-state index in [-0.39, 0.29) is 12.5 Å².